The number of likely N-dealkylation sites (tertiary alicyclic amines) is 1. The average molecular weight is 484 g/mol. The van der Waals surface area contributed by atoms with Crippen molar-refractivity contribution in [3.05, 3.63) is 69.9 Å². The fraction of sp³-hybridized carbons (Fsp3) is 0.500. The van der Waals surface area contributed by atoms with E-state index >= 15 is 0 Å². The number of nitrogens with zero attached hydrogens (tertiary/aromatic N) is 1. The van der Waals surface area contributed by atoms with Gasteiger partial charge in [0.1, 0.15) is 4.88 Å². The highest BCUT2D eigenvalue weighted by Gasteiger charge is 2.28. The van der Waals surface area contributed by atoms with Gasteiger partial charge in [-0.3, -0.25) is 4.79 Å². The fourth-order valence-corrected chi connectivity index (χ4v) is 5.40. The molecule has 1 aliphatic rings. The Labute approximate surface area is 207 Å². The third-order valence-electron chi connectivity index (χ3n) is 6.58. The third-order valence-corrected chi connectivity index (χ3v) is 7.70. The Balaban J connectivity index is 1.40. The van der Waals surface area contributed by atoms with Gasteiger partial charge in [-0.2, -0.15) is 0 Å². The molecular weight excluding hydrogens is 446 g/mol. The van der Waals surface area contributed by atoms with E-state index in [9.17, 15) is 14.7 Å². The summed E-state index contributed by atoms with van der Waals surface area (Å²) >= 11 is 1.45. The number of benzene rings is 1. The van der Waals surface area contributed by atoms with E-state index < -0.39 is 6.10 Å². The van der Waals surface area contributed by atoms with Crippen LogP contribution in [0.2, 0.25) is 0 Å². The molecule has 1 aromatic heterocycles. The van der Waals surface area contributed by atoms with Crippen molar-refractivity contribution in [2.45, 2.75) is 70.4 Å². The maximum Gasteiger partial charge on any atom is 0.348 e. The van der Waals surface area contributed by atoms with Crippen LogP contribution in [0.4, 0.5) is 0 Å². The monoisotopic (exact) mass is 483 g/mol. The maximum absolute atomic E-state index is 12.4. The lowest BCUT2D eigenvalue weighted by Gasteiger charge is -2.23. The van der Waals surface area contributed by atoms with E-state index in [2.05, 4.69) is 31.2 Å². The Morgan fingerprint density at radius 2 is 1.97 bits per heavy atom. The van der Waals surface area contributed by atoms with Gasteiger partial charge in [0.25, 0.3) is 0 Å². The van der Waals surface area contributed by atoms with Gasteiger partial charge >= 0.3 is 5.97 Å². The Kier molecular flexibility index (Phi) is 10.4. The van der Waals surface area contributed by atoms with Crippen molar-refractivity contribution in [1.82, 2.24) is 4.90 Å². The lowest BCUT2D eigenvalue weighted by atomic mass is 9.95. The molecule has 184 valence electrons. The van der Waals surface area contributed by atoms with Crippen LogP contribution in [0.15, 0.2) is 54.6 Å². The van der Waals surface area contributed by atoms with Crippen LogP contribution in [0.1, 0.15) is 65.6 Å². The fourth-order valence-electron chi connectivity index (χ4n) is 4.44. The highest BCUT2D eigenvalue weighted by Crippen LogP contribution is 2.24. The van der Waals surface area contributed by atoms with Crippen LogP contribution in [-0.2, 0) is 22.4 Å². The Hall–Kier alpha value is -2.44. The summed E-state index contributed by atoms with van der Waals surface area (Å²) in [5, 5.41) is 10.6. The summed E-state index contributed by atoms with van der Waals surface area (Å²) in [6.45, 7) is 2.78. The van der Waals surface area contributed by atoms with Gasteiger partial charge < -0.3 is 14.7 Å². The molecule has 1 fully saturated rings. The summed E-state index contributed by atoms with van der Waals surface area (Å²) in [6, 6.07) is 14.3. The van der Waals surface area contributed by atoms with Gasteiger partial charge in [0.15, 0.2) is 0 Å². The van der Waals surface area contributed by atoms with E-state index in [4.69, 9.17) is 4.74 Å². The molecule has 0 bridgehead atoms. The number of thiophene rings is 1. The van der Waals surface area contributed by atoms with Crippen LogP contribution in [0.5, 0.6) is 0 Å². The minimum atomic E-state index is -0.489. The predicted molar refractivity (Wildman–Crippen MR) is 137 cm³/mol. The topological polar surface area (TPSA) is 66.8 Å². The number of hydrogen-bond acceptors (Lipinski definition) is 5. The van der Waals surface area contributed by atoms with Gasteiger partial charge in [-0.25, -0.2) is 4.79 Å². The molecule has 0 aliphatic carbocycles. The Bertz CT molecular complexity index is 939. The molecule has 1 aromatic carbocycles. The van der Waals surface area contributed by atoms with E-state index in [0.29, 0.717) is 17.8 Å². The van der Waals surface area contributed by atoms with Gasteiger partial charge in [0.2, 0.25) is 5.91 Å². The van der Waals surface area contributed by atoms with Crippen molar-refractivity contribution in [3.8, 4) is 0 Å². The highest BCUT2D eigenvalue weighted by atomic mass is 32.1. The average Bonchev–Trinajstić information content (AvgIpc) is 3.47. The summed E-state index contributed by atoms with van der Waals surface area (Å²) < 4.78 is 4.76. The first kappa shape index (κ1) is 26.2. The molecule has 5 nitrogen and oxygen atoms in total. The summed E-state index contributed by atoms with van der Waals surface area (Å²) in [6.07, 6.45) is 10.7. The van der Waals surface area contributed by atoms with E-state index in [1.54, 1.807) is 6.07 Å². The van der Waals surface area contributed by atoms with Crippen molar-refractivity contribution < 1.29 is 19.4 Å². The molecule has 0 spiro atoms. The van der Waals surface area contributed by atoms with Crippen molar-refractivity contribution >= 4 is 23.2 Å². The molecule has 3 atom stereocenters. The number of aliphatic hydroxyl groups excluding tert-OH is 1. The Morgan fingerprint density at radius 3 is 2.74 bits per heavy atom. The van der Waals surface area contributed by atoms with Crippen molar-refractivity contribution in [2.24, 2.45) is 5.92 Å². The number of rotatable bonds is 13. The van der Waals surface area contributed by atoms with Crippen LogP contribution in [0, 0.1) is 5.92 Å². The van der Waals surface area contributed by atoms with E-state index in [1.165, 1.54) is 24.0 Å². The van der Waals surface area contributed by atoms with Crippen LogP contribution >= 0.6 is 11.3 Å². The van der Waals surface area contributed by atoms with Crippen molar-refractivity contribution in [2.75, 3.05) is 13.7 Å². The second kappa shape index (κ2) is 13.4. The number of hydrogen-bond donors (Lipinski definition) is 1. The van der Waals surface area contributed by atoms with Crippen LogP contribution < -0.4 is 0 Å². The van der Waals surface area contributed by atoms with Crippen molar-refractivity contribution in [1.29, 1.82) is 0 Å². The number of unbranched alkanes of at least 4 members (excludes halogenated alkanes) is 1. The normalized spacial score (nSPS) is 17.9. The molecule has 2 heterocycles. The molecule has 3 rings (SSSR count). The molecule has 0 saturated carbocycles. The zero-order valence-electron chi connectivity index (χ0n) is 20.3. The largest absolute Gasteiger partial charge is 0.465 e. The molecule has 1 N–H and O–H groups in total. The SMILES string of the molecule is COC(=O)c1ccc(CCCN2C(=O)CC[C@@H]2C=C[C@H](O)[C@@H](C)CCCCc2ccccc2)s1. The molecule has 0 radical (unpaired) electrons. The van der Waals surface area contributed by atoms with Crippen LogP contribution in [0.25, 0.3) is 0 Å². The van der Waals surface area contributed by atoms with Crippen molar-refractivity contribution in [3.63, 3.8) is 0 Å². The highest BCUT2D eigenvalue weighted by molar-refractivity contribution is 7.13. The number of esters is 1. The minimum absolute atomic E-state index is 0.0568. The van der Waals surface area contributed by atoms with Gasteiger partial charge in [-0.15, -0.1) is 11.3 Å². The summed E-state index contributed by atoms with van der Waals surface area (Å²) in [5.74, 6) is 0.0695. The summed E-state index contributed by atoms with van der Waals surface area (Å²) in [4.78, 5) is 27.7. The second-order valence-electron chi connectivity index (χ2n) is 9.14. The number of carbonyl (C=O) groups excluding carboxylic acids is 2. The molecule has 34 heavy (non-hydrogen) atoms. The van der Waals surface area contributed by atoms with Crippen LogP contribution in [-0.4, -0.2) is 47.7 Å². The lowest BCUT2D eigenvalue weighted by Crippen LogP contribution is -2.33. The van der Waals surface area contributed by atoms with E-state index in [1.807, 2.05) is 29.2 Å². The summed E-state index contributed by atoms with van der Waals surface area (Å²) in [7, 11) is 1.39. The summed E-state index contributed by atoms with van der Waals surface area (Å²) in [5.41, 5.74) is 1.37. The maximum atomic E-state index is 12.4. The van der Waals surface area contributed by atoms with Gasteiger partial charge in [0.05, 0.1) is 19.3 Å². The first-order chi connectivity index (χ1) is 16.5. The number of aliphatic hydroxyl groups is 1. The molecule has 2 aromatic rings. The number of amides is 1. The van der Waals surface area contributed by atoms with Gasteiger partial charge in [-0.1, -0.05) is 55.8 Å². The predicted octanol–water partition coefficient (Wildman–Crippen LogP) is 5.42. The van der Waals surface area contributed by atoms with Crippen LogP contribution in [0.3, 0.4) is 0 Å². The Morgan fingerprint density at radius 1 is 1.18 bits per heavy atom. The number of methoxy groups -OCH3 is 1. The number of ether oxygens (including phenoxy) is 1. The molecule has 1 saturated heterocycles. The first-order valence-corrected chi connectivity index (χ1v) is 13.2. The first-order valence-electron chi connectivity index (χ1n) is 12.3. The second-order valence-corrected chi connectivity index (χ2v) is 10.3. The van der Waals surface area contributed by atoms with Gasteiger partial charge in [-0.05, 0) is 62.1 Å². The molecule has 6 heteroatoms. The molecule has 1 aliphatic heterocycles. The van der Waals surface area contributed by atoms with E-state index in [0.717, 1.165) is 49.8 Å². The third kappa shape index (κ3) is 7.81. The number of aryl methyl sites for hydroxylation is 2. The lowest BCUT2D eigenvalue weighted by molar-refractivity contribution is -0.128. The molecule has 1 amide bonds. The quantitative estimate of drug-likeness (QED) is 0.235. The van der Waals surface area contributed by atoms with E-state index in [-0.39, 0.29) is 23.8 Å². The zero-order valence-corrected chi connectivity index (χ0v) is 21.1. The molecular formula is C28H37NO4S. The smallest absolute Gasteiger partial charge is 0.348 e. The molecule has 0 unspecified atom stereocenters. The zero-order chi connectivity index (χ0) is 24.3. The van der Waals surface area contributed by atoms with Gasteiger partial charge in [0, 0.05) is 17.8 Å². The minimum Gasteiger partial charge on any atom is -0.465 e. The number of carbonyl (C=O) groups is 2. The standard InChI is InChI=1S/C28H37NO4S/c1-21(9-6-7-12-22-10-4-3-5-11-22)25(30)17-14-23-15-19-27(31)29(23)20-8-13-24-16-18-26(34-24)28(32)33-2/h3-5,10-11,14,16-18,21,23,25,30H,6-9,12-13,15,19-20H2,1-2H3/t21-,23-,25-/m0/s1.